The van der Waals surface area contributed by atoms with Crippen LogP contribution in [0.5, 0.6) is 0 Å². The quantitative estimate of drug-likeness (QED) is 0.130. The van der Waals surface area contributed by atoms with Gasteiger partial charge in [-0.25, -0.2) is 14.8 Å². The number of carbonyl (C=O) groups is 2. The molecule has 0 radical (unpaired) electrons. The Kier molecular flexibility index (Phi) is 14.4. The fourth-order valence-corrected chi connectivity index (χ4v) is 7.11. The highest BCUT2D eigenvalue weighted by Gasteiger charge is 2.22. The predicted octanol–water partition coefficient (Wildman–Crippen LogP) is 11.1. The number of benzene rings is 6. The van der Waals surface area contributed by atoms with E-state index in [4.69, 9.17) is 16.0 Å². The van der Waals surface area contributed by atoms with E-state index in [-0.39, 0.29) is 24.4 Å². The van der Waals surface area contributed by atoms with E-state index in [0.29, 0.717) is 34.0 Å². The molecule has 0 aliphatic carbocycles. The van der Waals surface area contributed by atoms with Crippen molar-refractivity contribution < 1.29 is 14.7 Å². The van der Waals surface area contributed by atoms with Crippen molar-refractivity contribution in [2.45, 2.75) is 38.8 Å². The molecule has 0 saturated heterocycles. The number of carboxylic acids is 1. The molecule has 8 aromatic rings. The first-order chi connectivity index (χ1) is 29.7. The number of amides is 1. The van der Waals surface area contributed by atoms with Gasteiger partial charge in [0, 0.05) is 27.9 Å². The average Bonchev–Trinajstić information content (AvgIpc) is 3.30. The molecule has 0 unspecified atom stereocenters. The number of nitrogens with two attached hydrogens (primary N) is 1. The Morgan fingerprint density at radius 1 is 0.574 bits per heavy atom. The molecule has 8 rings (SSSR count). The molecule has 0 bridgehead atoms. The predicted molar refractivity (Wildman–Crippen MR) is 241 cm³/mol. The lowest BCUT2D eigenvalue weighted by Crippen LogP contribution is -2.29. The molecule has 9 nitrogen and oxygen atoms in total. The summed E-state index contributed by atoms with van der Waals surface area (Å²) in [6, 6.07) is 57.5. The number of fused-ring (bicyclic) bond motifs is 2. The Labute approximate surface area is 355 Å². The Balaban J connectivity index is 0.000000172. The lowest BCUT2D eigenvalue weighted by atomic mass is 9.96. The highest BCUT2D eigenvalue weighted by Crippen LogP contribution is 2.31. The molecule has 0 aliphatic heterocycles. The number of aromatic nitrogens is 2. The lowest BCUT2D eigenvalue weighted by molar-refractivity contribution is 0.0698. The number of nitrogens with zero attached hydrogens (tertiary/aromatic N) is 4. The Bertz CT molecular complexity index is 2840. The fourth-order valence-electron chi connectivity index (χ4n) is 7.11. The number of nitriles is 2. The van der Waals surface area contributed by atoms with Crippen molar-refractivity contribution in [3.63, 3.8) is 0 Å². The van der Waals surface area contributed by atoms with Crippen LogP contribution in [0.4, 0.5) is 0 Å². The second kappa shape index (κ2) is 20.6. The van der Waals surface area contributed by atoms with E-state index in [1.54, 1.807) is 6.07 Å². The van der Waals surface area contributed by atoms with Crippen LogP contribution < -0.4 is 11.1 Å². The summed E-state index contributed by atoms with van der Waals surface area (Å²) in [5, 5.41) is 31.7. The second-order valence-electron chi connectivity index (χ2n) is 14.2. The molecule has 300 valence electrons. The summed E-state index contributed by atoms with van der Waals surface area (Å²) in [5.41, 5.74) is 14.9. The third-order valence-electron chi connectivity index (χ3n) is 10.1. The maximum absolute atomic E-state index is 13.5. The molecular weight excluding hydrogens is 757 g/mol. The minimum atomic E-state index is -0.918. The van der Waals surface area contributed by atoms with E-state index in [0.717, 1.165) is 50.1 Å². The molecule has 9 heteroatoms. The van der Waals surface area contributed by atoms with E-state index in [1.165, 1.54) is 0 Å². The van der Waals surface area contributed by atoms with Gasteiger partial charge in [-0.15, -0.1) is 0 Å². The van der Waals surface area contributed by atoms with Gasteiger partial charge in [0.25, 0.3) is 5.91 Å². The maximum atomic E-state index is 13.5. The lowest BCUT2D eigenvalue weighted by Gasteiger charge is -2.19. The first-order valence-electron chi connectivity index (χ1n) is 19.7. The number of hydrogen-bond acceptors (Lipinski definition) is 7. The highest BCUT2D eigenvalue weighted by molar-refractivity contribution is 6.09. The summed E-state index contributed by atoms with van der Waals surface area (Å²) < 4.78 is 0. The number of nitrogens with one attached hydrogen (secondary N) is 1. The van der Waals surface area contributed by atoms with Crippen LogP contribution in [-0.4, -0.2) is 27.0 Å². The first kappa shape index (κ1) is 42.6. The number of pyridine rings is 2. The fraction of sp³-hybridized carbons (Fsp3) is 0.115. The van der Waals surface area contributed by atoms with Gasteiger partial charge in [-0.2, -0.15) is 10.5 Å². The number of rotatable bonds is 9. The molecule has 4 N–H and O–H groups in total. The summed E-state index contributed by atoms with van der Waals surface area (Å²) in [6.45, 7) is 3.74. The van der Waals surface area contributed by atoms with Crippen LogP contribution >= 0.6 is 0 Å². The van der Waals surface area contributed by atoms with Crippen molar-refractivity contribution in [1.29, 1.82) is 10.5 Å². The van der Waals surface area contributed by atoms with Gasteiger partial charge in [-0.1, -0.05) is 158 Å². The van der Waals surface area contributed by atoms with E-state index in [2.05, 4.69) is 16.4 Å². The van der Waals surface area contributed by atoms with E-state index in [9.17, 15) is 20.0 Å². The molecular formula is C52H44N6O3. The summed E-state index contributed by atoms with van der Waals surface area (Å²) in [7, 11) is 0. The molecule has 2 aromatic heterocycles. The molecule has 61 heavy (non-hydrogen) atoms. The van der Waals surface area contributed by atoms with Gasteiger partial charge in [-0.3, -0.25) is 4.79 Å². The van der Waals surface area contributed by atoms with Gasteiger partial charge >= 0.3 is 5.97 Å². The largest absolute Gasteiger partial charge is 0.478 e. The van der Waals surface area contributed by atoms with Crippen LogP contribution in [0.25, 0.3) is 44.3 Å². The molecule has 1 amide bonds. The number of para-hydroxylation sites is 2. The molecule has 2 heterocycles. The maximum Gasteiger partial charge on any atom is 0.336 e. The molecule has 0 aliphatic rings. The third kappa shape index (κ3) is 10.4. The van der Waals surface area contributed by atoms with Gasteiger partial charge in [0.15, 0.2) is 0 Å². The van der Waals surface area contributed by atoms with E-state index >= 15 is 0 Å². The van der Waals surface area contributed by atoms with Crippen LogP contribution in [0.2, 0.25) is 0 Å². The number of hydrogen-bond donors (Lipinski definition) is 3. The zero-order chi connectivity index (χ0) is 43.1. The van der Waals surface area contributed by atoms with Crippen molar-refractivity contribution in [3.05, 3.63) is 203 Å². The van der Waals surface area contributed by atoms with Crippen molar-refractivity contribution in [1.82, 2.24) is 15.3 Å². The normalized spacial score (nSPS) is 11.4. The van der Waals surface area contributed by atoms with Crippen molar-refractivity contribution in [2.75, 3.05) is 0 Å². The van der Waals surface area contributed by atoms with Gasteiger partial charge in [0.2, 0.25) is 0 Å². The van der Waals surface area contributed by atoms with Crippen LogP contribution in [0.1, 0.15) is 67.9 Å². The first-order valence-corrected chi connectivity index (χ1v) is 19.7. The number of carboxylic acid groups (broad SMARTS) is 1. The molecule has 2 atom stereocenters. The second-order valence-corrected chi connectivity index (χ2v) is 14.2. The SMILES string of the molecule is Cc1c(-c2ccccc2)nc2ccccc2c1C(=O)N[C@@H](CC#N)c1ccccc1.Cc1c(-c2ccccc2)nc2ccccc2c1C(=O)O.N#CC[C@H](N)c1ccccc1. The number of aromatic carboxylic acids is 1. The van der Waals surface area contributed by atoms with Gasteiger partial charge in [0.1, 0.15) is 0 Å². The average molecular weight is 801 g/mol. The zero-order valence-corrected chi connectivity index (χ0v) is 33.9. The Morgan fingerprint density at radius 2 is 0.967 bits per heavy atom. The van der Waals surface area contributed by atoms with Gasteiger partial charge < -0.3 is 16.2 Å². The topological polar surface area (TPSA) is 166 Å². The zero-order valence-electron chi connectivity index (χ0n) is 33.9. The van der Waals surface area contributed by atoms with Crippen LogP contribution in [0, 0.1) is 36.5 Å². The van der Waals surface area contributed by atoms with Crippen molar-refractivity contribution in [3.8, 4) is 34.7 Å². The molecule has 0 fully saturated rings. The van der Waals surface area contributed by atoms with Gasteiger partial charge in [0.05, 0.1) is 64.6 Å². The Morgan fingerprint density at radius 3 is 1.43 bits per heavy atom. The third-order valence-corrected chi connectivity index (χ3v) is 10.1. The van der Waals surface area contributed by atoms with E-state index < -0.39 is 5.97 Å². The summed E-state index contributed by atoms with van der Waals surface area (Å²) >= 11 is 0. The van der Waals surface area contributed by atoms with Crippen molar-refractivity contribution in [2.24, 2.45) is 5.73 Å². The van der Waals surface area contributed by atoms with E-state index in [1.807, 2.05) is 184 Å². The molecule has 0 spiro atoms. The standard InChI is InChI=1S/C26H21N3O.C17H13NO2.C9H10N2/c1-18-24(26(30)29-22(16-17-27)19-10-4-2-5-11-19)21-14-8-9-15-23(21)28-25(18)20-12-6-3-7-13-20;1-11-15(17(19)20)13-9-5-6-10-14(13)18-16(11)12-7-3-2-4-8-12;10-7-6-9(11)8-4-2-1-3-5-8/h2-15,22H,16H2,1H3,(H,29,30);2-10H,1H3,(H,19,20);1-5,9H,6,11H2/t22-;;9-/m0.0/s1. The Hall–Kier alpha value is -7.98. The summed E-state index contributed by atoms with van der Waals surface area (Å²) in [5.74, 6) is -1.12. The van der Waals surface area contributed by atoms with Crippen LogP contribution in [0.3, 0.4) is 0 Å². The molecule has 0 saturated carbocycles. The highest BCUT2D eigenvalue weighted by atomic mass is 16.4. The van der Waals surface area contributed by atoms with Crippen molar-refractivity contribution >= 4 is 33.7 Å². The minimum Gasteiger partial charge on any atom is -0.478 e. The van der Waals surface area contributed by atoms with Crippen LogP contribution in [0.15, 0.2) is 170 Å². The monoisotopic (exact) mass is 800 g/mol. The summed E-state index contributed by atoms with van der Waals surface area (Å²) in [6.07, 6.45) is 0.577. The smallest absolute Gasteiger partial charge is 0.336 e. The van der Waals surface area contributed by atoms with Gasteiger partial charge in [-0.05, 0) is 48.2 Å². The summed E-state index contributed by atoms with van der Waals surface area (Å²) in [4.78, 5) is 34.5. The molecule has 6 aromatic carbocycles. The number of carbonyl (C=O) groups excluding carboxylic acids is 1. The van der Waals surface area contributed by atoms with Crippen LogP contribution in [-0.2, 0) is 0 Å². The minimum absolute atomic E-state index is 0.138.